The zero-order valence-electron chi connectivity index (χ0n) is 35.2. The zero-order chi connectivity index (χ0) is 36.9. The summed E-state index contributed by atoms with van der Waals surface area (Å²) in [4.78, 5) is 2.41. The Kier molecular flexibility index (Phi) is 33.6. The summed E-state index contributed by atoms with van der Waals surface area (Å²) in [6.07, 6.45) is 58.6. The summed E-state index contributed by atoms with van der Waals surface area (Å²) in [5, 5.41) is 0. The van der Waals surface area contributed by atoms with Crippen molar-refractivity contribution in [1.29, 1.82) is 0 Å². The molecule has 1 aliphatic rings. The average Bonchev–Trinajstić information content (AvgIpc) is 3.53. The lowest BCUT2D eigenvalue weighted by Crippen LogP contribution is -2.31. The summed E-state index contributed by atoms with van der Waals surface area (Å²) in [7, 11) is 4.47. The van der Waals surface area contributed by atoms with Crippen LogP contribution in [0.25, 0.3) is 0 Å². The number of allylic oxidation sites excluding steroid dienone is 8. The maximum absolute atomic E-state index is 6.84. The SMILES string of the molecule is CCCCC/C=C\C/C=C\CCCCCCCCC1(CCCCCCCC/C=C\C/C=C\CCCCC)OCC(CCCC(CCC)N(C)C)O1. The molecular weight excluding hydrogens is 623 g/mol. The van der Waals surface area contributed by atoms with Crippen LogP contribution in [0.5, 0.6) is 0 Å². The molecule has 1 heterocycles. The quantitative estimate of drug-likeness (QED) is 0.0473. The molecule has 1 fully saturated rings. The molecule has 2 atom stereocenters. The van der Waals surface area contributed by atoms with Crippen LogP contribution >= 0.6 is 0 Å². The first-order chi connectivity index (χ1) is 25.1. The molecule has 0 spiro atoms. The van der Waals surface area contributed by atoms with Gasteiger partial charge in [-0.2, -0.15) is 0 Å². The minimum atomic E-state index is -0.320. The molecule has 2 unspecified atom stereocenters. The Morgan fingerprint density at radius 2 is 0.941 bits per heavy atom. The topological polar surface area (TPSA) is 21.7 Å². The van der Waals surface area contributed by atoms with Crippen molar-refractivity contribution in [2.75, 3.05) is 20.7 Å². The van der Waals surface area contributed by atoms with Gasteiger partial charge in [0, 0.05) is 18.9 Å². The average molecular weight is 712 g/mol. The zero-order valence-corrected chi connectivity index (χ0v) is 35.2. The largest absolute Gasteiger partial charge is 0.347 e. The summed E-state index contributed by atoms with van der Waals surface area (Å²) in [5.74, 6) is -0.320. The first-order valence-corrected chi connectivity index (χ1v) is 22.6. The molecule has 0 aromatic carbocycles. The van der Waals surface area contributed by atoms with Crippen LogP contribution in [0.4, 0.5) is 0 Å². The Balaban J connectivity index is 2.31. The van der Waals surface area contributed by atoms with Crippen LogP contribution in [-0.4, -0.2) is 43.5 Å². The highest BCUT2D eigenvalue weighted by Gasteiger charge is 2.40. The summed E-state index contributed by atoms with van der Waals surface area (Å²) in [6.45, 7) is 7.65. The number of hydrogen-bond acceptors (Lipinski definition) is 3. The summed E-state index contributed by atoms with van der Waals surface area (Å²) in [6, 6.07) is 0.693. The molecule has 298 valence electrons. The third-order valence-electron chi connectivity index (χ3n) is 10.8. The van der Waals surface area contributed by atoms with E-state index in [2.05, 4.69) is 88.4 Å². The Labute approximate surface area is 320 Å². The van der Waals surface area contributed by atoms with E-state index in [0.29, 0.717) is 6.04 Å². The Bertz CT molecular complexity index is 794. The molecule has 0 aromatic rings. The van der Waals surface area contributed by atoms with Gasteiger partial charge in [-0.15, -0.1) is 0 Å². The lowest BCUT2D eigenvalue weighted by Gasteiger charge is -2.29. The molecule has 1 rings (SSSR count). The second kappa shape index (κ2) is 35.8. The van der Waals surface area contributed by atoms with Gasteiger partial charge in [-0.05, 0) is 117 Å². The standard InChI is InChI=1S/C48H89NO2/c1-6-9-11-13-15-17-19-21-23-25-27-29-31-33-35-37-43-48(50-45-47(51-48)42-39-41-46(40-8-3)49(4)5)44-38-36-34-32-30-28-26-24-22-20-18-16-14-12-10-7-2/h15-18,21-24,46-47H,6-14,19-20,25-45H2,1-5H3/b17-15-,18-16-,23-21-,24-22-. The van der Waals surface area contributed by atoms with Gasteiger partial charge in [-0.25, -0.2) is 0 Å². The van der Waals surface area contributed by atoms with E-state index in [1.807, 2.05) is 0 Å². The smallest absolute Gasteiger partial charge is 0.168 e. The Hall–Kier alpha value is -1.16. The first kappa shape index (κ1) is 47.9. The highest BCUT2D eigenvalue weighted by molar-refractivity contribution is 4.93. The lowest BCUT2D eigenvalue weighted by atomic mass is 9.98. The number of unbranched alkanes of at least 4 members (excludes halogenated alkanes) is 18. The van der Waals surface area contributed by atoms with Gasteiger partial charge in [0.1, 0.15) is 0 Å². The van der Waals surface area contributed by atoms with Crippen LogP contribution < -0.4 is 0 Å². The maximum atomic E-state index is 6.84. The summed E-state index contributed by atoms with van der Waals surface area (Å²) in [5.41, 5.74) is 0. The molecule has 0 radical (unpaired) electrons. The number of ether oxygens (including phenoxy) is 2. The number of hydrogen-bond donors (Lipinski definition) is 0. The fourth-order valence-corrected chi connectivity index (χ4v) is 7.49. The summed E-state index contributed by atoms with van der Waals surface area (Å²) >= 11 is 0. The van der Waals surface area contributed by atoms with Crippen LogP contribution in [-0.2, 0) is 9.47 Å². The Morgan fingerprint density at radius 1 is 0.510 bits per heavy atom. The van der Waals surface area contributed by atoms with E-state index in [9.17, 15) is 0 Å². The van der Waals surface area contributed by atoms with E-state index in [1.54, 1.807) is 0 Å². The van der Waals surface area contributed by atoms with Gasteiger partial charge >= 0.3 is 0 Å². The molecule has 1 aliphatic heterocycles. The van der Waals surface area contributed by atoms with Crippen molar-refractivity contribution in [2.45, 2.75) is 238 Å². The molecular formula is C48H89NO2. The minimum Gasteiger partial charge on any atom is -0.347 e. The molecule has 51 heavy (non-hydrogen) atoms. The van der Waals surface area contributed by atoms with E-state index < -0.39 is 0 Å². The van der Waals surface area contributed by atoms with Crippen LogP contribution in [0, 0.1) is 0 Å². The van der Waals surface area contributed by atoms with E-state index in [-0.39, 0.29) is 11.9 Å². The fraction of sp³-hybridized carbons (Fsp3) is 0.833. The second-order valence-electron chi connectivity index (χ2n) is 16.0. The van der Waals surface area contributed by atoms with Gasteiger partial charge in [0.2, 0.25) is 0 Å². The molecule has 0 aromatic heterocycles. The van der Waals surface area contributed by atoms with Crippen molar-refractivity contribution >= 4 is 0 Å². The normalized spacial score (nSPS) is 17.1. The van der Waals surface area contributed by atoms with Crippen LogP contribution in [0.1, 0.15) is 220 Å². The molecule has 1 saturated heterocycles. The van der Waals surface area contributed by atoms with Crippen molar-refractivity contribution in [3.63, 3.8) is 0 Å². The molecule has 3 nitrogen and oxygen atoms in total. The first-order valence-electron chi connectivity index (χ1n) is 22.6. The molecule has 0 saturated carbocycles. The number of rotatable bonds is 37. The Morgan fingerprint density at radius 3 is 1.37 bits per heavy atom. The minimum absolute atomic E-state index is 0.281. The third kappa shape index (κ3) is 28.9. The maximum Gasteiger partial charge on any atom is 0.168 e. The molecule has 0 amide bonds. The second-order valence-corrected chi connectivity index (χ2v) is 16.0. The predicted octanol–water partition coefficient (Wildman–Crippen LogP) is 15.4. The number of nitrogens with zero attached hydrogens (tertiary/aromatic N) is 1. The van der Waals surface area contributed by atoms with Crippen molar-refractivity contribution < 1.29 is 9.47 Å². The van der Waals surface area contributed by atoms with Gasteiger partial charge in [-0.1, -0.05) is 153 Å². The van der Waals surface area contributed by atoms with Crippen molar-refractivity contribution in [1.82, 2.24) is 4.90 Å². The van der Waals surface area contributed by atoms with Crippen LogP contribution in [0.15, 0.2) is 48.6 Å². The van der Waals surface area contributed by atoms with Gasteiger partial charge in [0.15, 0.2) is 5.79 Å². The highest BCUT2D eigenvalue weighted by atomic mass is 16.7. The molecule has 0 bridgehead atoms. The third-order valence-corrected chi connectivity index (χ3v) is 10.8. The molecule has 0 N–H and O–H groups in total. The predicted molar refractivity (Wildman–Crippen MR) is 228 cm³/mol. The molecule has 3 heteroatoms. The summed E-state index contributed by atoms with van der Waals surface area (Å²) < 4.78 is 13.4. The fourth-order valence-electron chi connectivity index (χ4n) is 7.49. The van der Waals surface area contributed by atoms with Gasteiger partial charge in [-0.3, -0.25) is 0 Å². The van der Waals surface area contributed by atoms with Crippen LogP contribution in [0.3, 0.4) is 0 Å². The van der Waals surface area contributed by atoms with Gasteiger partial charge in [0.05, 0.1) is 12.7 Å². The monoisotopic (exact) mass is 712 g/mol. The van der Waals surface area contributed by atoms with Crippen LogP contribution in [0.2, 0.25) is 0 Å². The van der Waals surface area contributed by atoms with Crippen molar-refractivity contribution in [2.24, 2.45) is 0 Å². The molecule has 0 aliphatic carbocycles. The van der Waals surface area contributed by atoms with E-state index in [0.717, 1.165) is 38.7 Å². The van der Waals surface area contributed by atoms with E-state index >= 15 is 0 Å². The van der Waals surface area contributed by atoms with Gasteiger partial charge < -0.3 is 14.4 Å². The van der Waals surface area contributed by atoms with Crippen molar-refractivity contribution in [3.8, 4) is 0 Å². The van der Waals surface area contributed by atoms with Crippen molar-refractivity contribution in [3.05, 3.63) is 48.6 Å². The van der Waals surface area contributed by atoms with Gasteiger partial charge in [0.25, 0.3) is 0 Å². The highest BCUT2D eigenvalue weighted by Crippen LogP contribution is 2.36. The van der Waals surface area contributed by atoms with E-state index in [4.69, 9.17) is 9.47 Å². The lowest BCUT2D eigenvalue weighted by molar-refractivity contribution is -0.180. The van der Waals surface area contributed by atoms with E-state index in [1.165, 1.54) is 167 Å².